The molecule has 1 aromatic rings. The molecular weight excluding hydrogens is 282 g/mol. The largest absolute Gasteiger partial charge is 1.00 e. The van der Waals surface area contributed by atoms with Crippen molar-refractivity contribution in [1.82, 2.24) is 0 Å². The molecule has 18 heavy (non-hydrogen) atoms. The van der Waals surface area contributed by atoms with Gasteiger partial charge in [0.15, 0.2) is 5.82 Å². The Morgan fingerprint density at radius 2 is 1.44 bits per heavy atom. The molecule has 0 saturated carbocycles. The number of carboxylic acid groups (broad SMARTS) is 2. The molecule has 0 spiro atoms. The molecule has 3 N–H and O–H groups in total. The quantitative estimate of drug-likeness (QED) is 0.417. The summed E-state index contributed by atoms with van der Waals surface area (Å²) in [6, 6.07) is 0.666. The van der Waals surface area contributed by atoms with Crippen LogP contribution in [0.5, 0.6) is 0 Å². The molecule has 0 aromatic heterocycles. The van der Waals surface area contributed by atoms with E-state index in [4.69, 9.17) is 14.8 Å². The normalized spacial score (nSPS) is 10.6. The molecule has 0 fully saturated rings. The van der Waals surface area contributed by atoms with Gasteiger partial charge in [-0.15, -0.1) is 0 Å². The van der Waals surface area contributed by atoms with Gasteiger partial charge in [0, 0.05) is 0 Å². The van der Waals surface area contributed by atoms with E-state index in [2.05, 4.69) is 0 Å². The molecule has 0 aliphatic carbocycles. The average Bonchev–Trinajstić information content (AvgIpc) is 2.14. The van der Waals surface area contributed by atoms with E-state index < -0.39 is 43.9 Å². The number of carboxylic acids is 2. The van der Waals surface area contributed by atoms with Gasteiger partial charge in [-0.05, 0) is 12.1 Å². The van der Waals surface area contributed by atoms with E-state index in [1.165, 1.54) is 0 Å². The Hall–Kier alpha value is -1.000. The smallest absolute Gasteiger partial charge is 1.00 e. The second-order valence-electron chi connectivity index (χ2n) is 2.92. The maximum absolute atomic E-state index is 13.3. The number of halogens is 1. The summed E-state index contributed by atoms with van der Waals surface area (Å²) in [6.45, 7) is 0. The molecule has 7 nitrogen and oxygen atoms in total. The SMILES string of the molecule is O=C(O)c1cc(S(=O)(=O)O)cc(C(=O)O)c1F.[H-].[Na+]. The minimum absolute atomic E-state index is 0. The predicted octanol–water partition coefficient (Wildman–Crippen LogP) is -2.41. The van der Waals surface area contributed by atoms with Gasteiger partial charge in [-0.1, -0.05) is 0 Å². The summed E-state index contributed by atoms with van der Waals surface area (Å²) in [7, 11) is -4.82. The van der Waals surface area contributed by atoms with Crippen molar-refractivity contribution < 1.29 is 68.1 Å². The van der Waals surface area contributed by atoms with E-state index in [-0.39, 0.29) is 31.0 Å². The van der Waals surface area contributed by atoms with Gasteiger partial charge < -0.3 is 11.6 Å². The van der Waals surface area contributed by atoms with Crippen LogP contribution in [0, 0.1) is 5.82 Å². The number of rotatable bonds is 3. The first-order valence-electron chi connectivity index (χ1n) is 3.92. The van der Waals surface area contributed by atoms with Gasteiger partial charge in [-0.3, -0.25) is 4.55 Å². The van der Waals surface area contributed by atoms with E-state index in [1.54, 1.807) is 0 Å². The molecule has 0 bridgehead atoms. The molecule has 0 unspecified atom stereocenters. The Bertz CT molecular complexity index is 581. The van der Waals surface area contributed by atoms with Crippen LogP contribution in [0.1, 0.15) is 22.1 Å². The fourth-order valence-corrected chi connectivity index (χ4v) is 1.59. The monoisotopic (exact) mass is 288 g/mol. The Morgan fingerprint density at radius 1 is 1.11 bits per heavy atom. The van der Waals surface area contributed by atoms with Crippen LogP contribution in [0.4, 0.5) is 4.39 Å². The zero-order valence-corrected chi connectivity index (χ0v) is 11.7. The summed E-state index contributed by atoms with van der Waals surface area (Å²) >= 11 is 0. The number of benzene rings is 1. The molecule has 0 aliphatic heterocycles. The molecule has 0 amide bonds. The van der Waals surface area contributed by atoms with Gasteiger partial charge in [0.1, 0.15) is 0 Å². The third-order valence-corrected chi connectivity index (χ3v) is 2.64. The topological polar surface area (TPSA) is 129 Å². The van der Waals surface area contributed by atoms with Crippen LogP contribution in [-0.2, 0) is 10.1 Å². The van der Waals surface area contributed by atoms with Crippen molar-refractivity contribution in [2.24, 2.45) is 0 Å². The molecule has 1 aromatic carbocycles. The molecule has 0 saturated heterocycles. The fraction of sp³-hybridized carbons (Fsp3) is 0. The number of aromatic carboxylic acids is 2. The maximum atomic E-state index is 13.3. The van der Waals surface area contributed by atoms with Crippen molar-refractivity contribution in [2.75, 3.05) is 0 Å². The third kappa shape index (κ3) is 3.50. The zero-order valence-electron chi connectivity index (χ0n) is 9.92. The van der Waals surface area contributed by atoms with Crippen molar-refractivity contribution in [2.45, 2.75) is 4.90 Å². The van der Waals surface area contributed by atoms with E-state index in [1.807, 2.05) is 0 Å². The van der Waals surface area contributed by atoms with Crippen molar-refractivity contribution in [3.8, 4) is 0 Å². The standard InChI is InChI=1S/C8H5FO7S.Na.H/c9-6-4(7(10)11)1-3(17(14,15)16)2-5(6)8(12)13;;/h1-2H,(H,10,11)(H,12,13)(H,14,15,16);;/q;+1;-1. The van der Waals surface area contributed by atoms with Crippen LogP contribution < -0.4 is 29.6 Å². The first-order valence-corrected chi connectivity index (χ1v) is 5.36. The molecule has 0 radical (unpaired) electrons. The van der Waals surface area contributed by atoms with Crippen LogP contribution in [-0.4, -0.2) is 35.1 Å². The van der Waals surface area contributed by atoms with Crippen LogP contribution in [0.25, 0.3) is 0 Å². The van der Waals surface area contributed by atoms with Crippen molar-refractivity contribution in [1.29, 1.82) is 0 Å². The Balaban J connectivity index is 0. The van der Waals surface area contributed by atoms with Gasteiger partial charge in [0.2, 0.25) is 0 Å². The first-order chi connectivity index (χ1) is 7.64. The Kier molecular flexibility index (Phi) is 5.44. The Morgan fingerprint density at radius 3 is 1.67 bits per heavy atom. The molecular formula is C8H6FNaO7S. The van der Waals surface area contributed by atoms with Crippen LogP contribution in [0.3, 0.4) is 0 Å². The maximum Gasteiger partial charge on any atom is 1.00 e. The van der Waals surface area contributed by atoms with Crippen LogP contribution in [0.2, 0.25) is 0 Å². The molecule has 0 heterocycles. The molecule has 0 aliphatic rings. The fourth-order valence-electron chi connectivity index (χ4n) is 1.06. The molecule has 1 rings (SSSR count). The van der Waals surface area contributed by atoms with Gasteiger partial charge >= 0.3 is 41.5 Å². The Labute approximate surface area is 124 Å². The first kappa shape index (κ1) is 17.0. The van der Waals surface area contributed by atoms with Crippen molar-refractivity contribution in [3.05, 3.63) is 29.1 Å². The van der Waals surface area contributed by atoms with Gasteiger partial charge in [0.25, 0.3) is 10.1 Å². The summed E-state index contributed by atoms with van der Waals surface area (Å²) < 4.78 is 43.4. The minimum Gasteiger partial charge on any atom is -1.00 e. The summed E-state index contributed by atoms with van der Waals surface area (Å²) in [5.41, 5.74) is -2.31. The van der Waals surface area contributed by atoms with E-state index in [0.717, 1.165) is 0 Å². The average molecular weight is 288 g/mol. The van der Waals surface area contributed by atoms with Gasteiger partial charge in [-0.25, -0.2) is 14.0 Å². The van der Waals surface area contributed by atoms with Crippen LogP contribution in [0.15, 0.2) is 17.0 Å². The molecule has 0 atom stereocenters. The van der Waals surface area contributed by atoms with E-state index in [0.29, 0.717) is 12.1 Å². The van der Waals surface area contributed by atoms with Gasteiger partial charge in [0.05, 0.1) is 16.0 Å². The molecule has 94 valence electrons. The second kappa shape index (κ2) is 5.76. The van der Waals surface area contributed by atoms with Gasteiger partial charge in [-0.2, -0.15) is 8.42 Å². The number of carbonyl (C=O) groups is 2. The van der Waals surface area contributed by atoms with E-state index >= 15 is 0 Å². The molecule has 10 heteroatoms. The predicted molar refractivity (Wildman–Crippen MR) is 51.2 cm³/mol. The summed E-state index contributed by atoms with van der Waals surface area (Å²) in [5, 5.41) is 17.1. The second-order valence-corrected chi connectivity index (χ2v) is 4.34. The number of hydrogen-bond donors (Lipinski definition) is 3. The summed E-state index contributed by atoms with van der Waals surface area (Å²) in [5.74, 6) is -5.29. The minimum atomic E-state index is -4.82. The van der Waals surface area contributed by atoms with Crippen molar-refractivity contribution in [3.63, 3.8) is 0 Å². The third-order valence-electron chi connectivity index (χ3n) is 1.80. The van der Waals surface area contributed by atoms with Crippen molar-refractivity contribution >= 4 is 22.1 Å². The van der Waals surface area contributed by atoms with E-state index in [9.17, 15) is 22.4 Å². The zero-order chi connectivity index (χ0) is 13.4. The number of hydrogen-bond acceptors (Lipinski definition) is 4. The summed E-state index contributed by atoms with van der Waals surface area (Å²) in [4.78, 5) is 20.1. The summed E-state index contributed by atoms with van der Waals surface area (Å²) in [6.07, 6.45) is 0. The van der Waals surface area contributed by atoms with Crippen LogP contribution >= 0.6 is 0 Å².